The van der Waals surface area contributed by atoms with Crippen LogP contribution < -0.4 is 4.90 Å². The third-order valence-electron chi connectivity index (χ3n) is 7.61. The van der Waals surface area contributed by atoms with Crippen molar-refractivity contribution in [3.05, 3.63) is 53.6 Å². The van der Waals surface area contributed by atoms with Crippen LogP contribution in [0.15, 0.2) is 48.6 Å². The molecule has 0 bridgehead atoms. The molecule has 0 radical (unpaired) electrons. The number of β-amino-alcohol motifs (C(OH)–C–C–N with tert-alkyl or cyclic N) is 1. The number of benzene rings is 1. The summed E-state index contributed by atoms with van der Waals surface area (Å²) in [6.07, 6.45) is 8.22. The van der Waals surface area contributed by atoms with Crippen molar-refractivity contribution in [2.75, 3.05) is 37.7 Å². The number of hydrogen-bond acceptors (Lipinski definition) is 5. The number of halogens is 1. The summed E-state index contributed by atoms with van der Waals surface area (Å²) >= 11 is 6.05. The number of aliphatic hydroxyl groups is 1. The Morgan fingerprint density at radius 1 is 1.00 bits per heavy atom. The zero-order valence-electron chi connectivity index (χ0n) is 19.9. The van der Waals surface area contributed by atoms with E-state index in [1.54, 1.807) is 40.1 Å². The molecule has 3 amide bonds. The quantitative estimate of drug-likeness (QED) is 0.626. The summed E-state index contributed by atoms with van der Waals surface area (Å²) in [4.78, 5) is 46.5. The fraction of sp³-hybridized carbons (Fsp3) is 0.500. The minimum atomic E-state index is -1.32. The molecule has 1 aromatic rings. The van der Waals surface area contributed by atoms with Crippen LogP contribution >= 0.6 is 11.6 Å². The summed E-state index contributed by atoms with van der Waals surface area (Å²) in [5.41, 5.74) is -1.72. The zero-order valence-corrected chi connectivity index (χ0v) is 20.6. The molecule has 0 aliphatic carbocycles. The summed E-state index contributed by atoms with van der Waals surface area (Å²) < 4.78 is 6.71. The maximum atomic E-state index is 14.1. The van der Waals surface area contributed by atoms with Crippen LogP contribution in [0.5, 0.6) is 0 Å². The molecule has 2 fully saturated rings. The number of carbonyl (C=O) groups excluding carboxylic acids is 3. The number of carbonyl (C=O) groups is 3. The summed E-state index contributed by atoms with van der Waals surface area (Å²) in [5, 5.41) is 10.3. The van der Waals surface area contributed by atoms with E-state index >= 15 is 0 Å². The molecule has 186 valence electrons. The van der Waals surface area contributed by atoms with Gasteiger partial charge >= 0.3 is 0 Å². The predicted molar refractivity (Wildman–Crippen MR) is 131 cm³/mol. The molecule has 0 saturated carbocycles. The number of hydrogen-bond donors (Lipinski definition) is 1. The molecular formula is C26H30ClN3O5. The number of anilines is 1. The van der Waals surface area contributed by atoms with E-state index in [0.29, 0.717) is 23.8 Å². The van der Waals surface area contributed by atoms with Crippen molar-refractivity contribution in [1.82, 2.24) is 9.80 Å². The maximum absolute atomic E-state index is 14.1. The summed E-state index contributed by atoms with van der Waals surface area (Å²) in [7, 11) is 0. The first-order valence-electron chi connectivity index (χ1n) is 12.1. The molecule has 4 heterocycles. The van der Waals surface area contributed by atoms with E-state index in [-0.39, 0.29) is 37.4 Å². The number of aliphatic hydroxyl groups excluding tert-OH is 1. The zero-order chi connectivity index (χ0) is 25.0. The van der Waals surface area contributed by atoms with Gasteiger partial charge < -0.3 is 24.5 Å². The lowest BCUT2D eigenvalue weighted by Gasteiger charge is -2.37. The minimum Gasteiger partial charge on any atom is -0.395 e. The lowest BCUT2D eigenvalue weighted by Crippen LogP contribution is -2.56. The molecule has 1 N–H and O–H groups in total. The fourth-order valence-corrected chi connectivity index (χ4v) is 6.37. The monoisotopic (exact) mass is 499 g/mol. The number of rotatable bonds is 5. The molecule has 0 aromatic heterocycles. The number of likely N-dealkylation sites (tertiary alicyclic amines) is 1. The van der Waals surface area contributed by atoms with Crippen LogP contribution in [0.4, 0.5) is 5.69 Å². The largest absolute Gasteiger partial charge is 0.395 e. The third-order valence-corrected chi connectivity index (χ3v) is 7.87. The van der Waals surface area contributed by atoms with E-state index in [1.165, 1.54) is 4.90 Å². The second-order valence-corrected chi connectivity index (χ2v) is 10.2. The van der Waals surface area contributed by atoms with Gasteiger partial charge in [-0.25, -0.2) is 0 Å². The molecule has 35 heavy (non-hydrogen) atoms. The fourth-order valence-electron chi connectivity index (χ4n) is 6.24. The van der Waals surface area contributed by atoms with Crippen molar-refractivity contribution in [3.8, 4) is 0 Å². The smallest absolute Gasteiger partial charge is 0.253 e. The first-order chi connectivity index (χ1) is 16.8. The van der Waals surface area contributed by atoms with Gasteiger partial charge in [-0.1, -0.05) is 42.8 Å². The van der Waals surface area contributed by atoms with Crippen molar-refractivity contribution in [2.45, 2.75) is 37.5 Å². The Bertz CT molecular complexity index is 1100. The number of nitrogens with zero attached hydrogens (tertiary/aromatic N) is 3. The molecule has 5 atom stereocenters. The van der Waals surface area contributed by atoms with Gasteiger partial charge in [-0.15, -0.1) is 0 Å². The summed E-state index contributed by atoms with van der Waals surface area (Å²) in [5.74, 6) is -2.44. The van der Waals surface area contributed by atoms with Gasteiger partial charge in [0, 0.05) is 36.9 Å². The normalized spacial score (nSPS) is 34.1. The van der Waals surface area contributed by atoms with Crippen molar-refractivity contribution in [1.29, 1.82) is 0 Å². The minimum absolute atomic E-state index is 0.0225. The second-order valence-electron chi connectivity index (χ2n) is 9.77. The van der Waals surface area contributed by atoms with Crippen LogP contribution in [0.25, 0.3) is 0 Å². The highest BCUT2D eigenvalue weighted by Crippen LogP contribution is 2.57. The molecule has 1 spiro atoms. The van der Waals surface area contributed by atoms with Gasteiger partial charge in [0.1, 0.15) is 11.6 Å². The Labute approximate surface area is 209 Å². The average molecular weight is 500 g/mol. The van der Waals surface area contributed by atoms with E-state index in [0.717, 1.165) is 6.42 Å². The molecule has 2 saturated heterocycles. The van der Waals surface area contributed by atoms with Crippen LogP contribution in [-0.2, 0) is 19.1 Å². The van der Waals surface area contributed by atoms with Crippen molar-refractivity contribution < 1.29 is 24.2 Å². The highest BCUT2D eigenvalue weighted by molar-refractivity contribution is 6.30. The molecule has 9 heteroatoms. The van der Waals surface area contributed by atoms with Crippen molar-refractivity contribution in [3.63, 3.8) is 0 Å². The van der Waals surface area contributed by atoms with Crippen LogP contribution in [-0.4, -0.2) is 82.7 Å². The molecule has 1 unspecified atom stereocenters. The Hall–Kier alpha value is -2.68. The van der Waals surface area contributed by atoms with Crippen molar-refractivity contribution >= 4 is 35.0 Å². The van der Waals surface area contributed by atoms with Gasteiger partial charge in [-0.3, -0.25) is 14.4 Å². The molecule has 4 aliphatic heterocycles. The summed E-state index contributed by atoms with van der Waals surface area (Å²) in [6.45, 7) is 4.82. The van der Waals surface area contributed by atoms with E-state index in [1.807, 2.05) is 32.1 Å². The topological polar surface area (TPSA) is 90.4 Å². The van der Waals surface area contributed by atoms with Crippen LogP contribution in [0.3, 0.4) is 0 Å². The van der Waals surface area contributed by atoms with Crippen LogP contribution in [0.1, 0.15) is 20.3 Å². The molecular weight excluding hydrogens is 470 g/mol. The van der Waals surface area contributed by atoms with Crippen molar-refractivity contribution in [2.24, 2.45) is 11.8 Å². The standard InChI is InChI=1S/C26H30ClN3O5/c1-3-12-28-13-4-10-25(2)19(22(28)32)20-23(33)30(15-16-31)21-24(34)29(14-5-11-26(20,21)35-25)18-8-6-17(27)7-9-18/h4-11,19-21,31H,3,12-16H2,1-2H3/t19-,20+,21?,25+,26+/m1/s1. The van der Waals surface area contributed by atoms with Gasteiger partial charge in [0.2, 0.25) is 11.8 Å². The van der Waals surface area contributed by atoms with Gasteiger partial charge in [0.25, 0.3) is 5.91 Å². The Morgan fingerprint density at radius 3 is 2.40 bits per heavy atom. The molecule has 8 nitrogen and oxygen atoms in total. The highest BCUT2D eigenvalue weighted by Gasteiger charge is 2.74. The lowest BCUT2D eigenvalue weighted by molar-refractivity contribution is -0.148. The number of amides is 3. The number of ether oxygens (including phenoxy) is 1. The first kappa shape index (κ1) is 24.0. The average Bonchev–Trinajstić information content (AvgIpc) is 3.09. The van der Waals surface area contributed by atoms with Crippen LogP contribution in [0, 0.1) is 11.8 Å². The Morgan fingerprint density at radius 2 is 1.71 bits per heavy atom. The summed E-state index contributed by atoms with van der Waals surface area (Å²) in [6, 6.07) is 5.92. The predicted octanol–water partition coefficient (Wildman–Crippen LogP) is 2.01. The van der Waals surface area contributed by atoms with E-state index < -0.39 is 29.1 Å². The third kappa shape index (κ3) is 3.53. The second kappa shape index (κ2) is 8.76. The highest BCUT2D eigenvalue weighted by atomic mass is 35.5. The van der Waals surface area contributed by atoms with Gasteiger partial charge in [-0.05, 0) is 37.6 Å². The molecule has 1 aromatic carbocycles. The van der Waals surface area contributed by atoms with E-state index in [9.17, 15) is 19.5 Å². The first-order valence-corrected chi connectivity index (χ1v) is 12.5. The van der Waals surface area contributed by atoms with E-state index in [2.05, 4.69) is 0 Å². The van der Waals surface area contributed by atoms with E-state index in [4.69, 9.17) is 16.3 Å². The Kier molecular flexibility index (Phi) is 6.02. The van der Waals surface area contributed by atoms with Gasteiger partial charge in [0.15, 0.2) is 0 Å². The molecule has 5 rings (SSSR count). The maximum Gasteiger partial charge on any atom is 0.253 e. The van der Waals surface area contributed by atoms with Gasteiger partial charge in [-0.2, -0.15) is 0 Å². The lowest BCUT2D eigenvalue weighted by atomic mass is 9.74. The SMILES string of the molecule is CCCN1CC=C[C@]2(C)O[C@]34C=CCN(c5ccc(Cl)cc5)C(=O)C3N(CCO)C(=O)[C@@H]4[C@@H]2C1=O. The van der Waals surface area contributed by atoms with Gasteiger partial charge in [0.05, 0.1) is 24.0 Å². The van der Waals surface area contributed by atoms with Crippen LogP contribution in [0.2, 0.25) is 5.02 Å². The Balaban J connectivity index is 1.62. The number of fused-ring (bicyclic) bond motifs is 2. The molecule has 4 aliphatic rings.